The third kappa shape index (κ3) is 2.59. The maximum atomic E-state index is 12.4. The maximum absolute atomic E-state index is 12.4. The monoisotopic (exact) mass is 300 g/mol. The van der Waals surface area contributed by atoms with Crippen molar-refractivity contribution in [1.82, 2.24) is 9.55 Å². The van der Waals surface area contributed by atoms with Gasteiger partial charge in [0.15, 0.2) is 0 Å². The Morgan fingerprint density at radius 2 is 2.05 bits per heavy atom. The summed E-state index contributed by atoms with van der Waals surface area (Å²) in [6, 6.07) is 7.29. The van der Waals surface area contributed by atoms with Crippen molar-refractivity contribution in [2.45, 2.75) is 32.9 Å². The van der Waals surface area contributed by atoms with E-state index in [4.69, 9.17) is 9.15 Å². The number of carbonyl (C=O) groups excluding carboxylic acids is 1. The van der Waals surface area contributed by atoms with Crippen molar-refractivity contribution in [3.8, 4) is 0 Å². The molecule has 0 fully saturated rings. The van der Waals surface area contributed by atoms with Crippen LogP contribution in [0.2, 0.25) is 0 Å². The van der Waals surface area contributed by atoms with Crippen LogP contribution >= 0.6 is 0 Å². The van der Waals surface area contributed by atoms with E-state index in [-0.39, 0.29) is 12.1 Å². The largest absolute Gasteiger partial charge is 0.459 e. The minimum atomic E-state index is -0.600. The van der Waals surface area contributed by atoms with E-state index in [1.54, 1.807) is 26.8 Å². The lowest BCUT2D eigenvalue weighted by Crippen LogP contribution is -2.30. The van der Waals surface area contributed by atoms with Crippen molar-refractivity contribution in [3.05, 3.63) is 40.9 Å². The topological polar surface area (TPSA) is 74.3 Å². The summed E-state index contributed by atoms with van der Waals surface area (Å²) in [5.41, 5.74) is 0.245. The Bertz CT molecular complexity index is 915. The van der Waals surface area contributed by atoms with E-state index < -0.39 is 17.1 Å². The van der Waals surface area contributed by atoms with Crippen LogP contribution in [0, 0.1) is 0 Å². The molecule has 2 aromatic heterocycles. The zero-order chi connectivity index (χ0) is 15.9. The van der Waals surface area contributed by atoms with Crippen molar-refractivity contribution >= 4 is 28.0 Å². The Labute approximate surface area is 126 Å². The number of fused-ring (bicyclic) bond motifs is 3. The van der Waals surface area contributed by atoms with E-state index in [0.29, 0.717) is 11.1 Å². The fraction of sp³-hybridized carbons (Fsp3) is 0.312. The summed E-state index contributed by atoms with van der Waals surface area (Å²) in [6.45, 7) is 5.12. The Morgan fingerprint density at radius 3 is 2.77 bits per heavy atom. The highest BCUT2D eigenvalue weighted by atomic mass is 16.6. The highest BCUT2D eigenvalue weighted by Crippen LogP contribution is 2.24. The molecule has 0 radical (unpaired) electrons. The SMILES string of the molecule is CC(C)(C)OC(=O)Cn1cnc2c(oc3ccccc32)c1=O. The van der Waals surface area contributed by atoms with E-state index in [1.165, 1.54) is 10.9 Å². The number of carbonyl (C=O) groups is 1. The quantitative estimate of drug-likeness (QED) is 0.680. The van der Waals surface area contributed by atoms with Crippen molar-refractivity contribution < 1.29 is 13.9 Å². The molecule has 6 nitrogen and oxygen atoms in total. The van der Waals surface area contributed by atoms with Gasteiger partial charge in [-0.1, -0.05) is 12.1 Å². The fourth-order valence-corrected chi connectivity index (χ4v) is 2.24. The van der Waals surface area contributed by atoms with Crippen LogP contribution in [0.15, 0.2) is 39.8 Å². The average Bonchev–Trinajstić information content (AvgIpc) is 2.79. The first-order valence-corrected chi connectivity index (χ1v) is 6.94. The number of ether oxygens (including phenoxy) is 1. The van der Waals surface area contributed by atoms with Gasteiger partial charge < -0.3 is 9.15 Å². The van der Waals surface area contributed by atoms with Gasteiger partial charge in [0.05, 0.1) is 6.33 Å². The van der Waals surface area contributed by atoms with Gasteiger partial charge in [-0.05, 0) is 32.9 Å². The number of hydrogen-bond donors (Lipinski definition) is 0. The molecule has 0 aliphatic rings. The molecule has 0 N–H and O–H groups in total. The highest BCUT2D eigenvalue weighted by molar-refractivity contribution is 6.01. The second kappa shape index (κ2) is 4.98. The Kier molecular flexibility index (Phi) is 3.24. The van der Waals surface area contributed by atoms with Gasteiger partial charge in [0.1, 0.15) is 23.2 Å². The number of nitrogens with zero attached hydrogens (tertiary/aromatic N) is 2. The lowest BCUT2D eigenvalue weighted by atomic mass is 10.2. The number of hydrogen-bond acceptors (Lipinski definition) is 5. The predicted octanol–water partition coefficient (Wildman–Crippen LogP) is 2.48. The standard InChI is InChI=1S/C16H16N2O4/c1-16(2,3)22-12(19)8-18-9-17-13-10-6-4-5-7-11(10)21-14(13)15(18)20/h4-7,9H,8H2,1-3H3. The molecule has 0 aliphatic heterocycles. The minimum absolute atomic E-state index is 0.146. The molecule has 2 heterocycles. The lowest BCUT2D eigenvalue weighted by Gasteiger charge is -2.19. The molecule has 0 atom stereocenters. The number of para-hydroxylation sites is 1. The van der Waals surface area contributed by atoms with Gasteiger partial charge in [-0.3, -0.25) is 14.2 Å². The summed E-state index contributed by atoms with van der Waals surface area (Å²) in [4.78, 5) is 28.5. The highest BCUT2D eigenvalue weighted by Gasteiger charge is 2.19. The smallest absolute Gasteiger partial charge is 0.326 e. The van der Waals surface area contributed by atoms with Gasteiger partial charge in [0, 0.05) is 5.39 Å². The van der Waals surface area contributed by atoms with Crippen molar-refractivity contribution in [2.75, 3.05) is 0 Å². The molecule has 22 heavy (non-hydrogen) atoms. The summed E-state index contributed by atoms with van der Waals surface area (Å²) in [5, 5.41) is 0.777. The van der Waals surface area contributed by atoms with Gasteiger partial charge in [0.2, 0.25) is 5.58 Å². The predicted molar refractivity (Wildman–Crippen MR) is 81.6 cm³/mol. The van der Waals surface area contributed by atoms with Crippen LogP contribution in [-0.2, 0) is 16.1 Å². The Hall–Kier alpha value is -2.63. The first-order chi connectivity index (χ1) is 10.3. The number of furan rings is 1. The number of benzene rings is 1. The van der Waals surface area contributed by atoms with Gasteiger partial charge >= 0.3 is 5.97 Å². The molecular weight excluding hydrogens is 284 g/mol. The van der Waals surface area contributed by atoms with Crippen molar-refractivity contribution in [1.29, 1.82) is 0 Å². The van der Waals surface area contributed by atoms with Gasteiger partial charge in [-0.25, -0.2) is 4.98 Å². The molecule has 114 valence electrons. The van der Waals surface area contributed by atoms with Crippen LogP contribution in [0.5, 0.6) is 0 Å². The maximum Gasteiger partial charge on any atom is 0.326 e. The molecule has 0 spiro atoms. The molecule has 0 saturated carbocycles. The second-order valence-electron chi connectivity index (χ2n) is 6.04. The van der Waals surface area contributed by atoms with E-state index in [9.17, 15) is 9.59 Å². The lowest BCUT2D eigenvalue weighted by molar-refractivity contribution is -0.155. The van der Waals surface area contributed by atoms with Crippen LogP contribution in [0.25, 0.3) is 22.1 Å². The third-order valence-corrected chi connectivity index (χ3v) is 3.07. The molecule has 0 amide bonds. The van der Waals surface area contributed by atoms with Gasteiger partial charge in [-0.2, -0.15) is 0 Å². The Balaban J connectivity index is 2.02. The third-order valence-electron chi connectivity index (χ3n) is 3.07. The Morgan fingerprint density at radius 1 is 1.32 bits per heavy atom. The van der Waals surface area contributed by atoms with Crippen LogP contribution < -0.4 is 5.56 Å². The number of esters is 1. The van der Waals surface area contributed by atoms with Crippen LogP contribution in [0.4, 0.5) is 0 Å². The minimum Gasteiger partial charge on any atom is -0.459 e. The molecule has 0 unspecified atom stereocenters. The first-order valence-electron chi connectivity index (χ1n) is 6.94. The van der Waals surface area contributed by atoms with E-state index in [1.807, 2.05) is 18.2 Å². The zero-order valence-corrected chi connectivity index (χ0v) is 12.6. The molecule has 3 rings (SSSR count). The van der Waals surface area contributed by atoms with Gasteiger partial charge in [0.25, 0.3) is 5.56 Å². The van der Waals surface area contributed by atoms with Crippen molar-refractivity contribution in [2.24, 2.45) is 0 Å². The number of aromatic nitrogens is 2. The molecule has 6 heteroatoms. The number of rotatable bonds is 2. The average molecular weight is 300 g/mol. The van der Waals surface area contributed by atoms with E-state index in [2.05, 4.69) is 4.98 Å². The summed E-state index contributed by atoms with van der Waals surface area (Å²) < 4.78 is 12.0. The molecular formula is C16H16N2O4. The van der Waals surface area contributed by atoms with Crippen LogP contribution in [0.1, 0.15) is 20.8 Å². The van der Waals surface area contributed by atoms with Crippen LogP contribution in [-0.4, -0.2) is 21.1 Å². The molecule has 0 bridgehead atoms. The molecule has 0 saturated heterocycles. The first kappa shape index (κ1) is 14.3. The van der Waals surface area contributed by atoms with Crippen molar-refractivity contribution in [3.63, 3.8) is 0 Å². The molecule has 1 aromatic carbocycles. The zero-order valence-electron chi connectivity index (χ0n) is 12.6. The van der Waals surface area contributed by atoms with E-state index in [0.717, 1.165) is 5.39 Å². The molecule has 0 aliphatic carbocycles. The summed E-state index contributed by atoms with van der Waals surface area (Å²) in [5.74, 6) is -0.494. The summed E-state index contributed by atoms with van der Waals surface area (Å²) in [7, 11) is 0. The van der Waals surface area contributed by atoms with Crippen LogP contribution in [0.3, 0.4) is 0 Å². The van der Waals surface area contributed by atoms with Gasteiger partial charge in [-0.15, -0.1) is 0 Å². The molecule has 3 aromatic rings. The normalized spacial score (nSPS) is 12.0. The summed E-state index contributed by atoms with van der Waals surface area (Å²) >= 11 is 0. The summed E-state index contributed by atoms with van der Waals surface area (Å²) in [6.07, 6.45) is 1.34. The van der Waals surface area contributed by atoms with E-state index >= 15 is 0 Å². The fourth-order valence-electron chi connectivity index (χ4n) is 2.24. The second-order valence-corrected chi connectivity index (χ2v) is 6.04.